The van der Waals surface area contributed by atoms with E-state index in [4.69, 9.17) is 8.85 Å². The van der Waals surface area contributed by atoms with Crippen LogP contribution in [-0.4, -0.2) is 16.6 Å². The Morgan fingerprint density at radius 2 is 0.933 bits per heavy atom. The van der Waals surface area contributed by atoms with Crippen molar-refractivity contribution in [2.24, 2.45) is 0 Å². The van der Waals surface area contributed by atoms with Gasteiger partial charge in [-0.3, -0.25) is 0 Å². The average molecular weight is 439 g/mol. The van der Waals surface area contributed by atoms with Crippen molar-refractivity contribution in [2.45, 2.75) is 77.8 Å². The molecule has 2 aromatic carbocycles. The van der Waals surface area contributed by atoms with E-state index in [0.29, 0.717) is 0 Å². The molecule has 30 heavy (non-hydrogen) atoms. The molecule has 0 amide bonds. The Bertz CT molecular complexity index is 860. The lowest BCUT2D eigenvalue weighted by Gasteiger charge is -2.36. The van der Waals surface area contributed by atoms with E-state index in [1.54, 1.807) is 0 Å². The summed E-state index contributed by atoms with van der Waals surface area (Å²) in [7, 11) is -3.72. The third-order valence-electron chi connectivity index (χ3n) is 6.38. The van der Waals surface area contributed by atoms with E-state index >= 15 is 0 Å². The van der Waals surface area contributed by atoms with Crippen molar-refractivity contribution >= 4 is 16.6 Å². The van der Waals surface area contributed by atoms with Gasteiger partial charge in [-0.1, -0.05) is 65.5 Å². The summed E-state index contributed by atoms with van der Waals surface area (Å²) in [4.78, 5) is 0. The molecule has 0 atom stereocenters. The van der Waals surface area contributed by atoms with Crippen LogP contribution in [0.2, 0.25) is 36.3 Å². The second-order valence-electron chi connectivity index (χ2n) is 11.0. The topological polar surface area (TPSA) is 18.5 Å². The Morgan fingerprint density at radius 1 is 0.600 bits per heavy atom. The quantitative estimate of drug-likeness (QED) is 0.357. The first-order valence-corrected chi connectivity index (χ1v) is 16.5. The van der Waals surface area contributed by atoms with Crippen LogP contribution in [0.15, 0.2) is 48.5 Å². The summed E-state index contributed by atoms with van der Waals surface area (Å²) in [5.41, 5.74) is 1.92. The SMILES string of the molecule is CC(C)(C)[Si](C)(C)Oc1cccc(C#Cc2cccc(O[Si](C)(C)C(C)(C)C)c2)c1. The van der Waals surface area contributed by atoms with E-state index in [1.807, 2.05) is 48.5 Å². The first-order valence-electron chi connectivity index (χ1n) is 10.7. The Labute approximate surface area is 186 Å². The molecule has 0 bridgehead atoms. The van der Waals surface area contributed by atoms with Gasteiger partial charge < -0.3 is 8.85 Å². The molecule has 0 radical (unpaired) electrons. The summed E-state index contributed by atoms with van der Waals surface area (Å²) in [5, 5.41) is 0.332. The molecular weight excluding hydrogens is 400 g/mol. The lowest BCUT2D eigenvalue weighted by molar-refractivity contribution is 0.492. The van der Waals surface area contributed by atoms with E-state index < -0.39 is 16.6 Å². The highest BCUT2D eigenvalue weighted by molar-refractivity contribution is 6.75. The molecule has 0 heterocycles. The fraction of sp³-hybridized carbons (Fsp3) is 0.462. The maximum absolute atomic E-state index is 6.42. The molecule has 0 saturated carbocycles. The molecule has 0 unspecified atom stereocenters. The minimum atomic E-state index is -1.86. The third kappa shape index (κ3) is 6.26. The second-order valence-corrected chi connectivity index (χ2v) is 20.5. The van der Waals surface area contributed by atoms with Gasteiger partial charge in [0.05, 0.1) is 0 Å². The summed E-state index contributed by atoms with van der Waals surface area (Å²) >= 11 is 0. The Hall–Kier alpha value is -1.97. The van der Waals surface area contributed by atoms with Crippen molar-refractivity contribution in [3.8, 4) is 23.3 Å². The van der Waals surface area contributed by atoms with Crippen molar-refractivity contribution in [1.29, 1.82) is 0 Å². The summed E-state index contributed by atoms with van der Waals surface area (Å²) in [6.45, 7) is 22.6. The van der Waals surface area contributed by atoms with E-state index in [1.165, 1.54) is 0 Å². The van der Waals surface area contributed by atoms with Crippen molar-refractivity contribution in [2.75, 3.05) is 0 Å². The largest absolute Gasteiger partial charge is 0.543 e. The molecule has 0 fully saturated rings. The minimum Gasteiger partial charge on any atom is -0.543 e. The van der Waals surface area contributed by atoms with Gasteiger partial charge in [-0.15, -0.1) is 0 Å². The fourth-order valence-corrected chi connectivity index (χ4v) is 4.36. The highest BCUT2D eigenvalue weighted by Gasteiger charge is 2.39. The predicted octanol–water partition coefficient (Wildman–Crippen LogP) is 7.85. The Kier molecular flexibility index (Phi) is 7.00. The fourth-order valence-electron chi connectivity index (χ4n) is 2.31. The van der Waals surface area contributed by atoms with Gasteiger partial charge in [-0.05, 0) is 72.7 Å². The van der Waals surface area contributed by atoms with Gasteiger partial charge in [-0.25, -0.2) is 0 Å². The van der Waals surface area contributed by atoms with Crippen molar-refractivity contribution in [3.05, 3.63) is 59.7 Å². The highest BCUT2D eigenvalue weighted by atomic mass is 28.4. The number of hydrogen-bond donors (Lipinski definition) is 0. The van der Waals surface area contributed by atoms with Crippen LogP contribution in [0.1, 0.15) is 52.7 Å². The lowest BCUT2D eigenvalue weighted by Crippen LogP contribution is -2.43. The second kappa shape index (κ2) is 8.65. The molecule has 2 rings (SSSR count). The number of hydrogen-bond acceptors (Lipinski definition) is 2. The molecule has 0 aliphatic heterocycles. The monoisotopic (exact) mass is 438 g/mol. The lowest BCUT2D eigenvalue weighted by atomic mass is 10.1. The van der Waals surface area contributed by atoms with E-state index in [0.717, 1.165) is 22.6 Å². The summed E-state index contributed by atoms with van der Waals surface area (Å²) in [6.07, 6.45) is 0. The van der Waals surface area contributed by atoms with Gasteiger partial charge in [0.15, 0.2) is 0 Å². The van der Waals surface area contributed by atoms with Crippen LogP contribution in [0.25, 0.3) is 0 Å². The van der Waals surface area contributed by atoms with Crippen molar-refractivity contribution in [1.82, 2.24) is 0 Å². The summed E-state index contributed by atoms with van der Waals surface area (Å²) < 4.78 is 12.8. The van der Waals surface area contributed by atoms with Crippen molar-refractivity contribution < 1.29 is 8.85 Å². The normalized spacial score (nSPS) is 12.7. The maximum Gasteiger partial charge on any atom is 0.250 e. The molecule has 0 N–H and O–H groups in total. The molecule has 2 aromatic rings. The molecule has 0 saturated heterocycles. The molecule has 4 heteroatoms. The van der Waals surface area contributed by atoms with E-state index in [-0.39, 0.29) is 10.1 Å². The zero-order valence-electron chi connectivity index (χ0n) is 20.4. The predicted molar refractivity (Wildman–Crippen MR) is 135 cm³/mol. The molecule has 0 spiro atoms. The van der Waals surface area contributed by atoms with E-state index in [9.17, 15) is 0 Å². The van der Waals surface area contributed by atoms with Crippen LogP contribution in [0.4, 0.5) is 0 Å². The highest BCUT2D eigenvalue weighted by Crippen LogP contribution is 2.38. The first kappa shape index (κ1) is 24.3. The minimum absolute atomic E-state index is 0.166. The zero-order chi connectivity index (χ0) is 22.8. The first-order chi connectivity index (χ1) is 13.6. The molecule has 0 aromatic heterocycles. The number of rotatable bonds is 4. The van der Waals surface area contributed by atoms with Gasteiger partial charge >= 0.3 is 0 Å². The van der Waals surface area contributed by atoms with Gasteiger partial charge in [0.1, 0.15) is 11.5 Å². The van der Waals surface area contributed by atoms with Crippen LogP contribution in [0, 0.1) is 11.8 Å². The molecule has 0 aliphatic carbocycles. The van der Waals surface area contributed by atoms with Crippen LogP contribution < -0.4 is 8.85 Å². The summed E-state index contributed by atoms with van der Waals surface area (Å²) in [5.74, 6) is 8.39. The van der Waals surface area contributed by atoms with Crippen molar-refractivity contribution in [3.63, 3.8) is 0 Å². The van der Waals surface area contributed by atoms with Gasteiger partial charge in [-0.2, -0.15) is 0 Å². The Morgan fingerprint density at radius 3 is 1.23 bits per heavy atom. The third-order valence-corrected chi connectivity index (χ3v) is 15.1. The van der Waals surface area contributed by atoms with Crippen LogP contribution in [0.5, 0.6) is 11.5 Å². The molecule has 0 aliphatic rings. The van der Waals surface area contributed by atoms with Gasteiger partial charge in [0.25, 0.3) is 0 Å². The maximum atomic E-state index is 6.42. The van der Waals surface area contributed by atoms with Crippen LogP contribution >= 0.6 is 0 Å². The molecular formula is C26H38O2Si2. The van der Waals surface area contributed by atoms with Crippen LogP contribution in [0.3, 0.4) is 0 Å². The van der Waals surface area contributed by atoms with Gasteiger partial charge in [0, 0.05) is 11.1 Å². The van der Waals surface area contributed by atoms with Crippen LogP contribution in [-0.2, 0) is 0 Å². The summed E-state index contributed by atoms with van der Waals surface area (Å²) in [6, 6.07) is 16.2. The van der Waals surface area contributed by atoms with Gasteiger partial charge in [0.2, 0.25) is 16.6 Å². The molecule has 162 valence electrons. The zero-order valence-corrected chi connectivity index (χ0v) is 22.4. The molecule has 2 nitrogen and oxygen atoms in total. The smallest absolute Gasteiger partial charge is 0.250 e. The standard InChI is InChI=1S/C26H38O2Si2/c1-25(2,3)29(7,8)27-23-15-11-13-21(19-23)17-18-22-14-12-16-24(20-22)28-30(9,10)26(4,5)6/h11-16,19-20H,1-10H3. The average Bonchev–Trinajstić information content (AvgIpc) is 2.58. The number of benzene rings is 2. The Balaban J connectivity index is 2.21. The van der Waals surface area contributed by atoms with E-state index in [2.05, 4.69) is 79.6 Å².